The van der Waals surface area contributed by atoms with Crippen molar-refractivity contribution in [1.29, 1.82) is 0 Å². The summed E-state index contributed by atoms with van der Waals surface area (Å²) in [5.41, 5.74) is 2.56. The highest BCUT2D eigenvalue weighted by atomic mass is 16.3. The monoisotopic (exact) mass is 410 g/mol. The van der Waals surface area contributed by atoms with Gasteiger partial charge in [-0.1, -0.05) is 19.8 Å². The van der Waals surface area contributed by atoms with E-state index >= 15 is 0 Å². The van der Waals surface area contributed by atoms with E-state index in [2.05, 4.69) is 15.7 Å². The molecule has 2 aliphatic carbocycles. The number of anilines is 1. The minimum atomic E-state index is -0.241. The fraction of sp³-hybridized carbons (Fsp3) is 0.522. The van der Waals surface area contributed by atoms with Crippen molar-refractivity contribution in [1.82, 2.24) is 15.1 Å². The first-order valence-corrected chi connectivity index (χ1v) is 11.0. The number of aromatic nitrogens is 2. The van der Waals surface area contributed by atoms with Crippen molar-refractivity contribution >= 4 is 17.6 Å². The van der Waals surface area contributed by atoms with Gasteiger partial charge in [0, 0.05) is 29.1 Å². The Bertz CT molecular complexity index is 942. The van der Waals surface area contributed by atoms with Crippen LogP contribution in [0.5, 0.6) is 5.75 Å². The lowest BCUT2D eigenvalue weighted by molar-refractivity contribution is -0.117. The summed E-state index contributed by atoms with van der Waals surface area (Å²) in [4.78, 5) is 25.0. The number of benzene rings is 1. The summed E-state index contributed by atoms with van der Waals surface area (Å²) in [5, 5.41) is 20.9. The molecule has 2 aromatic rings. The molecule has 0 spiro atoms. The predicted octanol–water partition coefficient (Wildman–Crippen LogP) is 4.62. The molecular formula is C23H30N4O3. The van der Waals surface area contributed by atoms with Crippen LogP contribution in [0.15, 0.2) is 24.3 Å². The van der Waals surface area contributed by atoms with Crippen LogP contribution in [-0.2, 0) is 4.79 Å². The fourth-order valence-corrected chi connectivity index (χ4v) is 3.98. The normalized spacial score (nSPS) is 17.7. The lowest BCUT2D eigenvalue weighted by Crippen LogP contribution is -2.37. The number of nitrogens with zero attached hydrogens (tertiary/aromatic N) is 2. The number of carbonyl (C=O) groups is 2. The molecule has 4 rings (SSSR count). The minimum absolute atomic E-state index is 0.0109. The number of aromatic hydroxyl groups is 1. The van der Waals surface area contributed by atoms with Crippen molar-refractivity contribution in [3.63, 3.8) is 0 Å². The van der Waals surface area contributed by atoms with Crippen molar-refractivity contribution < 1.29 is 14.7 Å². The van der Waals surface area contributed by atoms with Crippen molar-refractivity contribution in [3.8, 4) is 17.0 Å². The van der Waals surface area contributed by atoms with Gasteiger partial charge in [-0.2, -0.15) is 9.78 Å². The van der Waals surface area contributed by atoms with E-state index < -0.39 is 0 Å². The van der Waals surface area contributed by atoms with Gasteiger partial charge in [-0.15, -0.1) is 0 Å². The molecule has 3 N–H and O–H groups in total. The Hall–Kier alpha value is -2.83. The summed E-state index contributed by atoms with van der Waals surface area (Å²) in [6, 6.07) is 6.70. The van der Waals surface area contributed by atoms with Crippen molar-refractivity contribution in [2.24, 2.45) is 5.92 Å². The average Bonchev–Trinajstić information content (AvgIpc) is 3.26. The number of amides is 2. The van der Waals surface area contributed by atoms with E-state index in [4.69, 9.17) is 0 Å². The zero-order chi connectivity index (χ0) is 21.3. The third-order valence-corrected chi connectivity index (χ3v) is 6.17. The molecule has 0 bridgehead atoms. The fourth-order valence-electron chi connectivity index (χ4n) is 3.98. The number of phenols is 1. The van der Waals surface area contributed by atoms with E-state index in [1.807, 2.05) is 19.9 Å². The molecule has 2 saturated carbocycles. The molecular weight excluding hydrogens is 380 g/mol. The number of rotatable bonds is 6. The second-order valence-electron chi connectivity index (χ2n) is 8.60. The maximum atomic E-state index is 12.9. The van der Waals surface area contributed by atoms with Gasteiger partial charge < -0.3 is 15.7 Å². The van der Waals surface area contributed by atoms with Gasteiger partial charge in [0.1, 0.15) is 5.75 Å². The van der Waals surface area contributed by atoms with Crippen LogP contribution < -0.4 is 10.6 Å². The van der Waals surface area contributed by atoms with E-state index in [0.717, 1.165) is 50.6 Å². The predicted molar refractivity (Wildman–Crippen MR) is 116 cm³/mol. The number of carbonyl (C=O) groups excluding carboxylic acids is 2. The van der Waals surface area contributed by atoms with E-state index in [-0.39, 0.29) is 35.6 Å². The molecule has 1 atom stereocenters. The molecule has 0 aliphatic heterocycles. The highest BCUT2D eigenvalue weighted by molar-refractivity contribution is 5.95. The Morgan fingerprint density at radius 3 is 2.60 bits per heavy atom. The molecule has 0 saturated heterocycles. The molecule has 7 heteroatoms. The molecule has 2 fully saturated rings. The van der Waals surface area contributed by atoms with Crippen LogP contribution >= 0.6 is 0 Å². The lowest BCUT2D eigenvalue weighted by atomic mass is 10.0. The Balaban J connectivity index is 1.67. The van der Waals surface area contributed by atoms with Crippen molar-refractivity contribution in [2.45, 2.75) is 70.8 Å². The third kappa shape index (κ3) is 4.35. The van der Waals surface area contributed by atoms with Crippen LogP contribution in [-0.4, -0.2) is 32.9 Å². The summed E-state index contributed by atoms with van der Waals surface area (Å²) in [6.07, 6.45) is 7.05. The lowest BCUT2D eigenvalue weighted by Gasteiger charge is -2.15. The quantitative estimate of drug-likeness (QED) is 0.606. The summed E-state index contributed by atoms with van der Waals surface area (Å²) < 4.78 is 1.46. The Kier molecular flexibility index (Phi) is 5.79. The van der Waals surface area contributed by atoms with Gasteiger partial charge in [-0.3, -0.25) is 4.79 Å². The highest BCUT2D eigenvalue weighted by Gasteiger charge is 2.30. The highest BCUT2D eigenvalue weighted by Crippen LogP contribution is 2.38. The van der Waals surface area contributed by atoms with Crippen molar-refractivity contribution in [2.75, 3.05) is 5.32 Å². The minimum Gasteiger partial charge on any atom is -0.507 e. The van der Waals surface area contributed by atoms with Gasteiger partial charge >= 0.3 is 6.03 Å². The number of nitrogens with one attached hydrogen (secondary N) is 2. The van der Waals surface area contributed by atoms with Crippen LogP contribution in [0, 0.1) is 5.92 Å². The first kappa shape index (κ1) is 20.4. The molecule has 2 aliphatic rings. The van der Waals surface area contributed by atoms with E-state index in [9.17, 15) is 14.7 Å². The second-order valence-corrected chi connectivity index (χ2v) is 8.60. The number of phenolic OH excluding ortho intramolecular Hbond substituents is 1. The molecule has 1 unspecified atom stereocenters. The van der Waals surface area contributed by atoms with Gasteiger partial charge in [0.2, 0.25) is 5.91 Å². The molecule has 30 heavy (non-hydrogen) atoms. The van der Waals surface area contributed by atoms with Crippen LogP contribution in [0.1, 0.15) is 70.4 Å². The zero-order valence-electron chi connectivity index (χ0n) is 17.6. The first-order valence-electron chi connectivity index (χ1n) is 11.0. The Labute approximate surface area is 176 Å². The SMILES string of the molecule is CCC(C)NC(=O)n1nc(-c2cc(NC(=O)C3CC3)ccc2O)cc1C1CCCC1. The van der Waals surface area contributed by atoms with Gasteiger partial charge in [0.15, 0.2) is 0 Å². The maximum Gasteiger partial charge on any atom is 0.342 e. The number of hydrogen-bond donors (Lipinski definition) is 3. The smallest absolute Gasteiger partial charge is 0.342 e. The van der Waals surface area contributed by atoms with E-state index in [1.54, 1.807) is 18.2 Å². The Morgan fingerprint density at radius 2 is 1.93 bits per heavy atom. The van der Waals surface area contributed by atoms with E-state index in [1.165, 1.54) is 4.68 Å². The van der Waals surface area contributed by atoms with Gasteiger partial charge in [-0.25, -0.2) is 4.79 Å². The number of hydrogen-bond acceptors (Lipinski definition) is 4. The average molecular weight is 411 g/mol. The summed E-state index contributed by atoms with van der Waals surface area (Å²) in [7, 11) is 0. The summed E-state index contributed by atoms with van der Waals surface area (Å²) in [6.45, 7) is 3.99. The standard InChI is InChI=1S/C23H30N4O3/c1-3-14(2)24-23(30)27-20(15-6-4-5-7-15)13-19(26-27)18-12-17(10-11-21(18)28)25-22(29)16-8-9-16/h10-16,28H,3-9H2,1-2H3,(H,24,30)(H,25,29). The Morgan fingerprint density at radius 1 is 1.20 bits per heavy atom. The molecule has 7 nitrogen and oxygen atoms in total. The summed E-state index contributed by atoms with van der Waals surface area (Å²) >= 11 is 0. The molecule has 2 amide bonds. The largest absolute Gasteiger partial charge is 0.507 e. The summed E-state index contributed by atoms with van der Waals surface area (Å²) in [5.74, 6) is 0.467. The molecule has 1 aromatic carbocycles. The second kappa shape index (κ2) is 8.50. The zero-order valence-corrected chi connectivity index (χ0v) is 17.6. The molecule has 0 radical (unpaired) electrons. The van der Waals surface area contributed by atoms with Crippen LogP contribution in [0.25, 0.3) is 11.3 Å². The molecule has 1 heterocycles. The van der Waals surface area contributed by atoms with E-state index in [0.29, 0.717) is 16.9 Å². The molecule has 1 aromatic heterocycles. The third-order valence-electron chi connectivity index (χ3n) is 6.17. The van der Waals surface area contributed by atoms with Gasteiger partial charge in [-0.05, 0) is 63.3 Å². The van der Waals surface area contributed by atoms with Crippen molar-refractivity contribution in [3.05, 3.63) is 30.0 Å². The van der Waals surface area contributed by atoms with Gasteiger partial charge in [0.05, 0.1) is 11.4 Å². The first-order chi connectivity index (χ1) is 14.5. The van der Waals surface area contributed by atoms with Crippen LogP contribution in [0.4, 0.5) is 10.5 Å². The topological polar surface area (TPSA) is 96.3 Å². The van der Waals surface area contributed by atoms with Crippen LogP contribution in [0.3, 0.4) is 0 Å². The van der Waals surface area contributed by atoms with Crippen LogP contribution in [0.2, 0.25) is 0 Å². The maximum absolute atomic E-state index is 12.9. The van der Waals surface area contributed by atoms with Gasteiger partial charge in [0.25, 0.3) is 0 Å². The molecule has 160 valence electrons.